The predicted octanol–water partition coefficient (Wildman–Crippen LogP) is 4.35. The Bertz CT molecular complexity index is 847. The summed E-state index contributed by atoms with van der Waals surface area (Å²) in [5.74, 6) is 1.39. The number of halogens is 4. The maximum absolute atomic E-state index is 13.0. The first kappa shape index (κ1) is 25.9. The number of aryl methyl sites for hydroxylation is 1. The topological polar surface area (TPSA) is 67.1 Å². The Morgan fingerprint density at radius 3 is 2.70 bits per heavy atom. The second-order valence-electron chi connectivity index (χ2n) is 6.83. The third kappa shape index (κ3) is 7.96. The normalized spacial score (nSPS) is 12.8. The number of nitrogens with one attached hydrogen (secondary N) is 2. The average Bonchev–Trinajstić information content (AvgIpc) is 3.12. The van der Waals surface area contributed by atoms with E-state index in [1.54, 1.807) is 19.3 Å². The van der Waals surface area contributed by atoms with Crippen LogP contribution >= 0.6 is 24.0 Å². The van der Waals surface area contributed by atoms with Crippen LogP contribution in [0.15, 0.2) is 47.7 Å². The van der Waals surface area contributed by atoms with E-state index in [2.05, 4.69) is 32.4 Å². The quantitative estimate of drug-likeness (QED) is 0.228. The Balaban J connectivity index is 0.00000450. The summed E-state index contributed by atoms with van der Waals surface area (Å²) in [6.45, 7) is 11.1. The van der Waals surface area contributed by atoms with Crippen LogP contribution in [0.3, 0.4) is 0 Å². The predicted molar refractivity (Wildman–Crippen MR) is 123 cm³/mol. The fourth-order valence-electron chi connectivity index (χ4n) is 2.67. The Morgan fingerprint density at radius 1 is 1.33 bits per heavy atom. The van der Waals surface area contributed by atoms with Crippen molar-refractivity contribution in [2.45, 2.75) is 46.0 Å². The standard InChI is InChI=1S/C20H27F3N6.HI/c1-5-18-28-26-13-29(18)10-9-24-19(25-12-14(2)3)27-15(4)16-7-6-8-17(11-16)20(21,22)23;/h6-8,11,13,15H,2,5,9-10,12H2,1,3-4H3,(H2,24,25,27);1H. The fraction of sp³-hybridized carbons (Fsp3) is 0.450. The summed E-state index contributed by atoms with van der Waals surface area (Å²) in [6.07, 6.45) is -1.92. The van der Waals surface area contributed by atoms with Crippen molar-refractivity contribution in [3.8, 4) is 0 Å². The molecule has 0 aliphatic heterocycles. The SMILES string of the molecule is C=C(C)CN=C(NCCn1cnnc1CC)NC(C)c1cccc(C(F)(F)F)c1.I. The van der Waals surface area contributed by atoms with Crippen molar-refractivity contribution in [3.05, 3.63) is 59.7 Å². The lowest BCUT2D eigenvalue weighted by Crippen LogP contribution is -2.40. The van der Waals surface area contributed by atoms with Crippen LogP contribution in [0.2, 0.25) is 0 Å². The maximum Gasteiger partial charge on any atom is 0.416 e. The summed E-state index contributed by atoms with van der Waals surface area (Å²) < 4.78 is 40.9. The van der Waals surface area contributed by atoms with Crippen LogP contribution in [0.25, 0.3) is 0 Å². The molecule has 2 N–H and O–H groups in total. The van der Waals surface area contributed by atoms with E-state index in [-0.39, 0.29) is 30.0 Å². The van der Waals surface area contributed by atoms with Crippen molar-refractivity contribution >= 4 is 29.9 Å². The molecule has 6 nitrogen and oxygen atoms in total. The minimum absolute atomic E-state index is 0. The van der Waals surface area contributed by atoms with E-state index in [4.69, 9.17) is 0 Å². The second kappa shape index (κ2) is 11.9. The highest BCUT2D eigenvalue weighted by Crippen LogP contribution is 2.30. The molecule has 0 amide bonds. The minimum Gasteiger partial charge on any atom is -0.355 e. The summed E-state index contributed by atoms with van der Waals surface area (Å²) in [4.78, 5) is 4.45. The number of nitrogens with zero attached hydrogens (tertiary/aromatic N) is 4. The van der Waals surface area contributed by atoms with E-state index < -0.39 is 11.7 Å². The summed E-state index contributed by atoms with van der Waals surface area (Å²) in [6, 6.07) is 4.92. The molecular formula is C20H28F3IN6. The largest absolute Gasteiger partial charge is 0.416 e. The molecule has 2 aromatic rings. The van der Waals surface area contributed by atoms with Gasteiger partial charge < -0.3 is 15.2 Å². The number of benzene rings is 1. The van der Waals surface area contributed by atoms with E-state index in [1.807, 2.05) is 18.4 Å². The molecule has 1 aromatic heterocycles. The summed E-state index contributed by atoms with van der Waals surface area (Å²) in [7, 11) is 0. The van der Waals surface area contributed by atoms with E-state index in [9.17, 15) is 13.2 Å². The van der Waals surface area contributed by atoms with Gasteiger partial charge in [0.25, 0.3) is 0 Å². The average molecular weight is 536 g/mol. The van der Waals surface area contributed by atoms with Gasteiger partial charge in [-0.25, -0.2) is 4.99 Å². The van der Waals surface area contributed by atoms with Gasteiger partial charge in [-0.3, -0.25) is 0 Å². The Labute approximate surface area is 192 Å². The molecule has 166 valence electrons. The van der Waals surface area contributed by atoms with Gasteiger partial charge in [0.2, 0.25) is 0 Å². The Kier molecular flexibility index (Phi) is 10.3. The third-order valence-electron chi connectivity index (χ3n) is 4.23. The molecule has 1 unspecified atom stereocenters. The van der Waals surface area contributed by atoms with Crippen LogP contribution in [0, 0.1) is 0 Å². The lowest BCUT2D eigenvalue weighted by Gasteiger charge is -2.20. The van der Waals surface area contributed by atoms with Crippen LogP contribution in [0.5, 0.6) is 0 Å². The Hall–Kier alpha value is -2.11. The van der Waals surface area contributed by atoms with Gasteiger partial charge >= 0.3 is 6.18 Å². The molecule has 1 atom stereocenters. The number of aromatic nitrogens is 3. The zero-order valence-electron chi connectivity index (χ0n) is 17.3. The van der Waals surface area contributed by atoms with Gasteiger partial charge in [-0.2, -0.15) is 13.2 Å². The zero-order chi connectivity index (χ0) is 21.4. The van der Waals surface area contributed by atoms with Crippen molar-refractivity contribution in [2.75, 3.05) is 13.1 Å². The maximum atomic E-state index is 13.0. The molecule has 1 aromatic carbocycles. The summed E-state index contributed by atoms with van der Waals surface area (Å²) in [5.41, 5.74) is 0.735. The Morgan fingerprint density at radius 2 is 2.07 bits per heavy atom. The van der Waals surface area contributed by atoms with Crippen LogP contribution in [0.4, 0.5) is 13.2 Å². The molecule has 0 radical (unpaired) electrons. The van der Waals surface area contributed by atoms with E-state index >= 15 is 0 Å². The molecule has 0 fully saturated rings. The molecule has 0 saturated heterocycles. The number of hydrogen-bond donors (Lipinski definition) is 2. The van der Waals surface area contributed by atoms with Gasteiger partial charge in [0.05, 0.1) is 18.2 Å². The fourth-order valence-corrected chi connectivity index (χ4v) is 2.67. The molecular weight excluding hydrogens is 508 g/mol. The molecule has 30 heavy (non-hydrogen) atoms. The highest BCUT2D eigenvalue weighted by atomic mass is 127. The van der Waals surface area contributed by atoms with Crippen molar-refractivity contribution in [1.29, 1.82) is 0 Å². The van der Waals surface area contributed by atoms with Crippen molar-refractivity contribution in [3.63, 3.8) is 0 Å². The molecule has 0 spiro atoms. The van der Waals surface area contributed by atoms with Crippen LogP contribution in [-0.2, 0) is 19.1 Å². The van der Waals surface area contributed by atoms with Gasteiger partial charge in [0.1, 0.15) is 12.2 Å². The van der Waals surface area contributed by atoms with Crippen LogP contribution in [-0.4, -0.2) is 33.8 Å². The zero-order valence-corrected chi connectivity index (χ0v) is 19.7. The van der Waals surface area contributed by atoms with Gasteiger partial charge in [-0.1, -0.05) is 31.2 Å². The summed E-state index contributed by atoms with van der Waals surface area (Å²) >= 11 is 0. The van der Waals surface area contributed by atoms with E-state index in [0.29, 0.717) is 31.2 Å². The van der Waals surface area contributed by atoms with Gasteiger partial charge in [0.15, 0.2) is 5.96 Å². The molecule has 10 heteroatoms. The molecule has 0 aliphatic carbocycles. The molecule has 2 rings (SSSR count). The first-order chi connectivity index (χ1) is 13.7. The number of alkyl halides is 3. The number of aliphatic imine (C=N–C) groups is 1. The molecule has 0 aliphatic rings. The number of hydrogen-bond acceptors (Lipinski definition) is 3. The lowest BCUT2D eigenvalue weighted by atomic mass is 10.1. The molecule has 1 heterocycles. The first-order valence-corrected chi connectivity index (χ1v) is 9.43. The molecule has 0 saturated carbocycles. The van der Waals surface area contributed by atoms with Gasteiger partial charge in [-0.15, -0.1) is 34.2 Å². The van der Waals surface area contributed by atoms with Crippen molar-refractivity contribution in [1.82, 2.24) is 25.4 Å². The van der Waals surface area contributed by atoms with Crippen LogP contribution < -0.4 is 10.6 Å². The second-order valence-corrected chi connectivity index (χ2v) is 6.83. The monoisotopic (exact) mass is 536 g/mol. The van der Waals surface area contributed by atoms with Gasteiger partial charge in [-0.05, 0) is 31.5 Å². The van der Waals surface area contributed by atoms with Crippen molar-refractivity contribution in [2.24, 2.45) is 4.99 Å². The number of guanidine groups is 1. The minimum atomic E-state index is -4.37. The lowest BCUT2D eigenvalue weighted by molar-refractivity contribution is -0.137. The smallest absolute Gasteiger partial charge is 0.355 e. The van der Waals surface area contributed by atoms with Crippen molar-refractivity contribution < 1.29 is 13.2 Å². The summed E-state index contributed by atoms with van der Waals surface area (Å²) in [5, 5.41) is 14.3. The van der Waals surface area contributed by atoms with E-state index in [0.717, 1.165) is 30.0 Å². The third-order valence-corrected chi connectivity index (χ3v) is 4.23. The highest BCUT2D eigenvalue weighted by molar-refractivity contribution is 14.0. The number of rotatable bonds is 8. The van der Waals surface area contributed by atoms with Gasteiger partial charge in [0, 0.05) is 19.5 Å². The highest BCUT2D eigenvalue weighted by Gasteiger charge is 2.30. The van der Waals surface area contributed by atoms with E-state index in [1.165, 1.54) is 6.07 Å². The molecule has 0 bridgehead atoms. The first-order valence-electron chi connectivity index (χ1n) is 9.43. The van der Waals surface area contributed by atoms with Crippen LogP contribution in [0.1, 0.15) is 43.8 Å².